The molecule has 0 spiro atoms. The summed E-state index contributed by atoms with van der Waals surface area (Å²) in [6, 6.07) is 0. The molecular weight excluding hydrogens is 296 g/mol. The third-order valence-electron chi connectivity index (χ3n) is 3.50. The van der Waals surface area contributed by atoms with Crippen LogP contribution in [-0.4, -0.2) is 28.3 Å². The van der Waals surface area contributed by atoms with Gasteiger partial charge in [0.1, 0.15) is 5.60 Å². The molecule has 1 rings (SSSR count). The van der Waals surface area contributed by atoms with Crippen molar-refractivity contribution in [2.75, 3.05) is 7.11 Å². The lowest BCUT2D eigenvalue weighted by Gasteiger charge is -2.25. The van der Waals surface area contributed by atoms with Gasteiger partial charge in [-0.2, -0.15) is 5.10 Å². The van der Waals surface area contributed by atoms with Gasteiger partial charge in [-0.25, -0.2) is 0 Å². The topological polar surface area (TPSA) is 44.1 Å². The Morgan fingerprint density at radius 3 is 2.56 bits per heavy atom. The van der Waals surface area contributed by atoms with Crippen LogP contribution < -0.4 is 0 Å². The summed E-state index contributed by atoms with van der Waals surface area (Å²) in [6.07, 6.45) is 1.01. The zero-order valence-electron chi connectivity index (χ0n) is 11.7. The van der Waals surface area contributed by atoms with Crippen molar-refractivity contribution in [3.8, 4) is 0 Å². The van der Waals surface area contributed by atoms with Crippen LogP contribution in [0.15, 0.2) is 4.47 Å². The Morgan fingerprint density at radius 2 is 2.11 bits per heavy atom. The summed E-state index contributed by atoms with van der Waals surface area (Å²) < 4.78 is 8.13. The first-order valence-corrected chi connectivity index (χ1v) is 6.99. The highest BCUT2D eigenvalue weighted by atomic mass is 79.9. The molecule has 0 fully saturated rings. The molecule has 4 nitrogen and oxygen atoms in total. The predicted octanol–water partition coefficient (Wildman–Crippen LogP) is 2.90. The summed E-state index contributed by atoms with van der Waals surface area (Å²) in [5, 5.41) is 4.39. The van der Waals surface area contributed by atoms with Crippen LogP contribution in [0.2, 0.25) is 0 Å². The van der Waals surface area contributed by atoms with Gasteiger partial charge in [0, 0.05) is 13.7 Å². The van der Waals surface area contributed by atoms with Crippen molar-refractivity contribution < 1.29 is 9.53 Å². The highest BCUT2D eigenvalue weighted by Crippen LogP contribution is 2.25. The van der Waals surface area contributed by atoms with E-state index < -0.39 is 5.60 Å². The molecule has 0 N–H and O–H groups in total. The van der Waals surface area contributed by atoms with Gasteiger partial charge in [0.15, 0.2) is 5.78 Å². The van der Waals surface area contributed by atoms with Crippen molar-refractivity contribution >= 4 is 21.7 Å². The Hall–Kier alpha value is -0.680. The van der Waals surface area contributed by atoms with E-state index in [1.165, 1.54) is 0 Å². The van der Waals surface area contributed by atoms with Crippen LogP contribution in [0.5, 0.6) is 0 Å². The standard InChI is InChI=1S/C13H21BrN2O2/c1-6-13(4,18-5)11(17)8-10-12(14)9(3)15-16(10)7-2/h6-8H2,1-5H3. The largest absolute Gasteiger partial charge is 0.371 e. The maximum absolute atomic E-state index is 12.3. The van der Waals surface area contributed by atoms with E-state index in [4.69, 9.17) is 4.74 Å². The zero-order chi connectivity index (χ0) is 13.9. The fourth-order valence-corrected chi connectivity index (χ4v) is 2.26. The first-order chi connectivity index (χ1) is 8.39. The Balaban J connectivity index is 3.01. The Labute approximate surface area is 117 Å². The Morgan fingerprint density at radius 1 is 1.50 bits per heavy atom. The lowest BCUT2D eigenvalue weighted by Crippen LogP contribution is -2.38. The number of ether oxygens (including phenoxy) is 1. The molecule has 0 amide bonds. The van der Waals surface area contributed by atoms with Crippen molar-refractivity contribution in [2.45, 2.75) is 52.7 Å². The van der Waals surface area contributed by atoms with Crippen molar-refractivity contribution in [3.63, 3.8) is 0 Å². The summed E-state index contributed by atoms with van der Waals surface area (Å²) in [5.74, 6) is 0.0859. The number of carbonyl (C=O) groups is 1. The maximum atomic E-state index is 12.3. The molecule has 1 atom stereocenters. The average Bonchev–Trinajstić information content (AvgIpc) is 2.65. The van der Waals surface area contributed by atoms with Crippen LogP contribution in [0.3, 0.4) is 0 Å². The van der Waals surface area contributed by atoms with Gasteiger partial charge in [-0.05, 0) is 43.1 Å². The fourth-order valence-electron chi connectivity index (χ4n) is 1.83. The average molecular weight is 317 g/mol. The Kier molecular flexibility index (Phi) is 5.10. The monoisotopic (exact) mass is 316 g/mol. The number of Topliss-reactive ketones (excluding diaryl/α,β-unsaturated/α-hetero) is 1. The first-order valence-electron chi connectivity index (χ1n) is 6.19. The smallest absolute Gasteiger partial charge is 0.170 e. The minimum atomic E-state index is -0.712. The van der Waals surface area contributed by atoms with E-state index in [0.717, 1.165) is 22.4 Å². The third kappa shape index (κ3) is 2.83. The van der Waals surface area contributed by atoms with Crippen molar-refractivity contribution in [1.29, 1.82) is 0 Å². The molecule has 0 bridgehead atoms. The van der Waals surface area contributed by atoms with Crippen LogP contribution in [-0.2, 0) is 22.5 Å². The van der Waals surface area contributed by atoms with E-state index in [0.29, 0.717) is 12.8 Å². The summed E-state index contributed by atoms with van der Waals surface area (Å²) in [7, 11) is 1.58. The van der Waals surface area contributed by atoms with E-state index in [9.17, 15) is 4.79 Å². The SMILES string of the molecule is CCn1nc(C)c(Br)c1CC(=O)C(C)(CC)OC. The number of hydrogen-bond donors (Lipinski definition) is 0. The van der Waals surface area contributed by atoms with Gasteiger partial charge < -0.3 is 4.74 Å². The summed E-state index contributed by atoms with van der Waals surface area (Å²) >= 11 is 3.50. The van der Waals surface area contributed by atoms with Gasteiger partial charge in [0.2, 0.25) is 0 Å². The molecule has 0 aliphatic rings. The molecule has 1 heterocycles. The summed E-state index contributed by atoms with van der Waals surface area (Å²) in [6.45, 7) is 8.49. The van der Waals surface area contributed by atoms with E-state index in [-0.39, 0.29) is 5.78 Å². The minimum absolute atomic E-state index is 0.0859. The molecular formula is C13H21BrN2O2. The van der Waals surface area contributed by atoms with Crippen LogP contribution >= 0.6 is 15.9 Å². The van der Waals surface area contributed by atoms with Crippen LogP contribution in [0.1, 0.15) is 38.6 Å². The van der Waals surface area contributed by atoms with Crippen LogP contribution in [0.25, 0.3) is 0 Å². The molecule has 0 aliphatic heterocycles. The van der Waals surface area contributed by atoms with Gasteiger partial charge >= 0.3 is 0 Å². The first kappa shape index (κ1) is 15.4. The molecule has 1 aromatic heterocycles. The van der Waals surface area contributed by atoms with Crippen LogP contribution in [0.4, 0.5) is 0 Å². The maximum Gasteiger partial charge on any atom is 0.170 e. The van der Waals surface area contributed by atoms with Gasteiger partial charge in [-0.3, -0.25) is 9.48 Å². The molecule has 18 heavy (non-hydrogen) atoms. The number of hydrogen-bond acceptors (Lipinski definition) is 3. The summed E-state index contributed by atoms with van der Waals surface area (Å²) in [4.78, 5) is 12.3. The second-order valence-electron chi connectivity index (χ2n) is 4.55. The van der Waals surface area contributed by atoms with Crippen molar-refractivity contribution in [1.82, 2.24) is 9.78 Å². The van der Waals surface area contributed by atoms with Crippen LogP contribution in [0, 0.1) is 6.92 Å². The quantitative estimate of drug-likeness (QED) is 0.810. The van der Waals surface area contributed by atoms with E-state index >= 15 is 0 Å². The second kappa shape index (κ2) is 5.97. The molecule has 1 unspecified atom stereocenters. The molecule has 0 radical (unpaired) electrons. The number of aromatic nitrogens is 2. The molecule has 0 aromatic carbocycles. The van der Waals surface area contributed by atoms with Gasteiger partial charge in [-0.15, -0.1) is 0 Å². The Bertz CT molecular complexity index is 436. The number of ketones is 1. The number of carbonyl (C=O) groups excluding carboxylic acids is 1. The molecule has 1 aromatic rings. The molecule has 0 saturated heterocycles. The number of rotatable bonds is 6. The normalized spacial score (nSPS) is 14.6. The molecule has 0 aliphatic carbocycles. The van der Waals surface area contributed by atoms with Crippen molar-refractivity contribution in [2.24, 2.45) is 0 Å². The number of methoxy groups -OCH3 is 1. The highest BCUT2D eigenvalue weighted by Gasteiger charge is 2.32. The fraction of sp³-hybridized carbons (Fsp3) is 0.692. The molecule has 5 heteroatoms. The summed E-state index contributed by atoms with van der Waals surface area (Å²) in [5.41, 5.74) is 1.13. The third-order valence-corrected chi connectivity index (χ3v) is 4.53. The molecule has 0 saturated carbocycles. The number of nitrogens with zero attached hydrogens (tertiary/aromatic N) is 2. The van der Waals surface area contributed by atoms with Crippen molar-refractivity contribution in [3.05, 3.63) is 15.9 Å². The highest BCUT2D eigenvalue weighted by molar-refractivity contribution is 9.10. The molecule has 102 valence electrons. The van der Waals surface area contributed by atoms with E-state index in [1.54, 1.807) is 7.11 Å². The van der Waals surface area contributed by atoms with E-state index in [1.807, 2.05) is 32.4 Å². The zero-order valence-corrected chi connectivity index (χ0v) is 13.3. The van der Waals surface area contributed by atoms with Gasteiger partial charge in [-0.1, -0.05) is 6.92 Å². The predicted molar refractivity (Wildman–Crippen MR) is 74.8 cm³/mol. The lowest BCUT2D eigenvalue weighted by atomic mass is 9.94. The lowest BCUT2D eigenvalue weighted by molar-refractivity contribution is -0.138. The van der Waals surface area contributed by atoms with E-state index in [2.05, 4.69) is 21.0 Å². The van der Waals surface area contributed by atoms with Gasteiger partial charge in [0.25, 0.3) is 0 Å². The second-order valence-corrected chi connectivity index (χ2v) is 5.34. The number of aryl methyl sites for hydroxylation is 2. The minimum Gasteiger partial charge on any atom is -0.371 e. The number of halogens is 1. The van der Waals surface area contributed by atoms with Gasteiger partial charge in [0.05, 0.1) is 22.3 Å².